The molecular weight excluding hydrogens is 206 g/mol. The average Bonchev–Trinajstić information content (AvgIpc) is 2.78. The molecule has 1 aliphatic heterocycles. The highest BCUT2D eigenvalue weighted by atomic mass is 16.3. The van der Waals surface area contributed by atoms with Gasteiger partial charge in [0.2, 0.25) is 0 Å². The molecular formula is C11H15N3O2. The molecule has 1 aliphatic rings. The number of aliphatic hydroxyl groups excluding tert-OH is 1. The first-order valence-electron chi connectivity index (χ1n) is 5.40. The Morgan fingerprint density at radius 1 is 1.56 bits per heavy atom. The fourth-order valence-electron chi connectivity index (χ4n) is 1.92. The van der Waals surface area contributed by atoms with E-state index in [0.717, 1.165) is 18.5 Å². The summed E-state index contributed by atoms with van der Waals surface area (Å²) in [5.74, 6) is 0. The predicted octanol–water partition coefficient (Wildman–Crippen LogP) is 1.07. The second kappa shape index (κ2) is 4.94. The van der Waals surface area contributed by atoms with Gasteiger partial charge in [-0.25, -0.2) is 4.79 Å². The average molecular weight is 221 g/mol. The smallest absolute Gasteiger partial charge is 0.322 e. The minimum absolute atomic E-state index is 0.0315. The van der Waals surface area contributed by atoms with E-state index in [-0.39, 0.29) is 18.7 Å². The number of pyridine rings is 1. The van der Waals surface area contributed by atoms with Crippen LogP contribution < -0.4 is 5.32 Å². The lowest BCUT2D eigenvalue weighted by molar-refractivity contribution is 0.166. The number of amides is 2. The van der Waals surface area contributed by atoms with Crippen LogP contribution in [-0.2, 0) is 0 Å². The zero-order valence-corrected chi connectivity index (χ0v) is 8.97. The second-order valence-corrected chi connectivity index (χ2v) is 3.84. The third-order valence-electron chi connectivity index (χ3n) is 2.78. The Balaban J connectivity index is 1.98. The fraction of sp³-hybridized carbons (Fsp3) is 0.455. The summed E-state index contributed by atoms with van der Waals surface area (Å²) < 4.78 is 0. The lowest BCUT2D eigenvalue weighted by Crippen LogP contribution is -2.40. The first kappa shape index (κ1) is 10.9. The van der Waals surface area contributed by atoms with Crippen LogP contribution in [0.2, 0.25) is 0 Å². The predicted molar refractivity (Wildman–Crippen MR) is 60.1 cm³/mol. The molecule has 1 fully saturated rings. The molecule has 1 aromatic heterocycles. The van der Waals surface area contributed by atoms with E-state index in [2.05, 4.69) is 10.3 Å². The number of urea groups is 1. The molecule has 2 rings (SSSR count). The number of aliphatic hydroxyl groups is 1. The van der Waals surface area contributed by atoms with E-state index < -0.39 is 0 Å². The number of hydrogen-bond acceptors (Lipinski definition) is 3. The van der Waals surface area contributed by atoms with Gasteiger partial charge in [-0.15, -0.1) is 0 Å². The van der Waals surface area contributed by atoms with Crippen molar-refractivity contribution in [2.45, 2.75) is 18.9 Å². The number of likely N-dealkylation sites (tertiary alicyclic amines) is 1. The lowest BCUT2D eigenvalue weighted by atomic mass is 10.2. The molecule has 2 heterocycles. The Hall–Kier alpha value is -1.62. The zero-order chi connectivity index (χ0) is 11.4. The molecule has 0 bridgehead atoms. The number of rotatable bonds is 2. The summed E-state index contributed by atoms with van der Waals surface area (Å²) in [5, 5.41) is 11.9. The molecule has 2 amide bonds. The summed E-state index contributed by atoms with van der Waals surface area (Å²) >= 11 is 0. The molecule has 2 N–H and O–H groups in total. The molecule has 0 saturated carbocycles. The summed E-state index contributed by atoms with van der Waals surface area (Å²) in [6.45, 7) is 0.742. The van der Waals surface area contributed by atoms with E-state index in [9.17, 15) is 4.79 Å². The summed E-state index contributed by atoms with van der Waals surface area (Å²) in [5.41, 5.74) is 0.726. The van der Waals surface area contributed by atoms with Crippen LogP contribution in [0.25, 0.3) is 0 Å². The number of carbonyl (C=O) groups excluding carboxylic acids is 1. The van der Waals surface area contributed by atoms with Gasteiger partial charge in [-0.3, -0.25) is 4.98 Å². The van der Waals surface area contributed by atoms with Gasteiger partial charge in [0.05, 0.1) is 12.6 Å². The lowest BCUT2D eigenvalue weighted by Gasteiger charge is -2.23. The van der Waals surface area contributed by atoms with Crippen molar-refractivity contribution in [1.82, 2.24) is 9.88 Å². The van der Waals surface area contributed by atoms with Crippen LogP contribution in [0.1, 0.15) is 12.8 Å². The van der Waals surface area contributed by atoms with Crippen LogP contribution in [0.15, 0.2) is 24.5 Å². The first-order valence-corrected chi connectivity index (χ1v) is 5.40. The number of carbonyl (C=O) groups is 1. The highest BCUT2D eigenvalue weighted by Gasteiger charge is 2.27. The number of aromatic nitrogens is 1. The quantitative estimate of drug-likeness (QED) is 0.785. The topological polar surface area (TPSA) is 65.5 Å². The van der Waals surface area contributed by atoms with Crippen molar-refractivity contribution in [2.24, 2.45) is 0 Å². The van der Waals surface area contributed by atoms with Crippen LogP contribution in [0, 0.1) is 0 Å². The maximum Gasteiger partial charge on any atom is 0.322 e. The van der Waals surface area contributed by atoms with Gasteiger partial charge < -0.3 is 15.3 Å². The Kier molecular flexibility index (Phi) is 3.36. The van der Waals surface area contributed by atoms with Crippen molar-refractivity contribution in [3.8, 4) is 0 Å². The van der Waals surface area contributed by atoms with Gasteiger partial charge >= 0.3 is 6.03 Å². The van der Waals surface area contributed by atoms with Gasteiger partial charge in [0, 0.05) is 24.6 Å². The molecule has 0 spiro atoms. The minimum atomic E-state index is -0.150. The SMILES string of the molecule is O=C(Nc1ccncc1)N1CCC[C@H]1CO. The number of nitrogens with zero attached hydrogens (tertiary/aromatic N) is 2. The summed E-state index contributed by atoms with van der Waals surface area (Å²) in [7, 11) is 0. The van der Waals surface area contributed by atoms with Gasteiger partial charge in [-0.05, 0) is 25.0 Å². The highest BCUT2D eigenvalue weighted by Crippen LogP contribution is 2.18. The van der Waals surface area contributed by atoms with E-state index >= 15 is 0 Å². The Bertz CT molecular complexity index is 356. The van der Waals surface area contributed by atoms with E-state index in [1.54, 1.807) is 29.4 Å². The van der Waals surface area contributed by atoms with Gasteiger partial charge in [-0.1, -0.05) is 0 Å². The van der Waals surface area contributed by atoms with Crippen molar-refractivity contribution in [3.63, 3.8) is 0 Å². The molecule has 5 nitrogen and oxygen atoms in total. The van der Waals surface area contributed by atoms with Crippen LogP contribution >= 0.6 is 0 Å². The first-order chi connectivity index (χ1) is 7.81. The van der Waals surface area contributed by atoms with Crippen LogP contribution in [0.4, 0.5) is 10.5 Å². The molecule has 86 valence electrons. The Morgan fingerprint density at radius 2 is 2.31 bits per heavy atom. The largest absolute Gasteiger partial charge is 0.394 e. The number of anilines is 1. The van der Waals surface area contributed by atoms with Gasteiger partial charge in [0.15, 0.2) is 0 Å². The van der Waals surface area contributed by atoms with Crippen molar-refractivity contribution in [3.05, 3.63) is 24.5 Å². The van der Waals surface area contributed by atoms with E-state index in [1.165, 1.54) is 0 Å². The fourth-order valence-corrected chi connectivity index (χ4v) is 1.92. The summed E-state index contributed by atoms with van der Waals surface area (Å²) in [4.78, 5) is 17.4. The molecule has 1 atom stereocenters. The standard InChI is InChI=1S/C11H15N3O2/c15-8-10-2-1-7-14(10)11(16)13-9-3-5-12-6-4-9/h3-6,10,15H,1-2,7-8H2,(H,12,13,16)/t10-/m0/s1. The van der Waals surface area contributed by atoms with E-state index in [0.29, 0.717) is 6.54 Å². The monoisotopic (exact) mass is 221 g/mol. The Labute approximate surface area is 94.1 Å². The van der Waals surface area contributed by atoms with Crippen molar-refractivity contribution in [2.75, 3.05) is 18.5 Å². The van der Waals surface area contributed by atoms with Crippen molar-refractivity contribution in [1.29, 1.82) is 0 Å². The highest BCUT2D eigenvalue weighted by molar-refractivity contribution is 5.89. The molecule has 16 heavy (non-hydrogen) atoms. The normalized spacial score (nSPS) is 19.8. The maximum atomic E-state index is 11.9. The Morgan fingerprint density at radius 3 is 3.00 bits per heavy atom. The van der Waals surface area contributed by atoms with E-state index in [4.69, 9.17) is 5.11 Å². The maximum absolute atomic E-state index is 11.9. The third-order valence-corrected chi connectivity index (χ3v) is 2.78. The van der Waals surface area contributed by atoms with Gasteiger partial charge in [0.25, 0.3) is 0 Å². The molecule has 1 saturated heterocycles. The molecule has 0 aromatic carbocycles. The van der Waals surface area contributed by atoms with Crippen LogP contribution in [0.5, 0.6) is 0 Å². The van der Waals surface area contributed by atoms with Crippen molar-refractivity contribution >= 4 is 11.7 Å². The number of hydrogen-bond donors (Lipinski definition) is 2. The second-order valence-electron chi connectivity index (χ2n) is 3.84. The molecule has 0 unspecified atom stereocenters. The molecule has 0 radical (unpaired) electrons. The summed E-state index contributed by atoms with van der Waals surface area (Å²) in [6.07, 6.45) is 5.08. The minimum Gasteiger partial charge on any atom is -0.394 e. The zero-order valence-electron chi connectivity index (χ0n) is 8.97. The summed E-state index contributed by atoms with van der Waals surface area (Å²) in [6, 6.07) is 3.29. The van der Waals surface area contributed by atoms with Crippen molar-refractivity contribution < 1.29 is 9.90 Å². The van der Waals surface area contributed by atoms with E-state index in [1.807, 2.05) is 0 Å². The van der Waals surface area contributed by atoms with Crippen LogP contribution in [0.3, 0.4) is 0 Å². The third kappa shape index (κ3) is 2.30. The van der Waals surface area contributed by atoms with Crippen LogP contribution in [-0.4, -0.2) is 40.2 Å². The van der Waals surface area contributed by atoms with Gasteiger partial charge in [-0.2, -0.15) is 0 Å². The molecule has 5 heteroatoms. The molecule has 1 aromatic rings. The number of nitrogens with one attached hydrogen (secondary N) is 1. The van der Waals surface area contributed by atoms with Gasteiger partial charge in [0.1, 0.15) is 0 Å². The molecule has 0 aliphatic carbocycles.